The Kier molecular flexibility index (Phi) is 7.40. The summed E-state index contributed by atoms with van der Waals surface area (Å²) in [5.41, 5.74) is 5.86. The summed E-state index contributed by atoms with van der Waals surface area (Å²) in [6, 6.07) is 21.6. The molecule has 3 aromatic carbocycles. The van der Waals surface area contributed by atoms with Crippen molar-refractivity contribution in [1.29, 1.82) is 0 Å². The van der Waals surface area contributed by atoms with Gasteiger partial charge in [0.1, 0.15) is 17.3 Å². The fourth-order valence-electron chi connectivity index (χ4n) is 5.16. The number of fused-ring (bicyclic) bond motifs is 1. The molecule has 4 heterocycles. The third-order valence-corrected chi connectivity index (χ3v) is 8.08. The van der Waals surface area contributed by atoms with Crippen molar-refractivity contribution in [2.45, 2.75) is 6.54 Å². The lowest BCUT2D eigenvalue weighted by molar-refractivity contribution is 0.122. The van der Waals surface area contributed by atoms with E-state index in [1.807, 2.05) is 58.4 Å². The standard InChI is InChI=1S/C32H27F2N7OS/c33-26-5-2-6-27(34)25(26)20-36-23-4-1-3-21(19-23)29-30(41-15-18-43-32(41)39-29)28-11-12-35-31(38-28)37-22-7-9-24(10-8-22)40-13-16-42-17-14-40/h1-12,15,18-19,36H,13-14,16-17,20H2,(H,35,37,38). The molecule has 1 saturated heterocycles. The summed E-state index contributed by atoms with van der Waals surface area (Å²) in [6.07, 6.45) is 3.69. The number of thiazole rings is 1. The van der Waals surface area contributed by atoms with Crippen LogP contribution in [-0.2, 0) is 11.3 Å². The highest BCUT2D eigenvalue weighted by molar-refractivity contribution is 7.15. The van der Waals surface area contributed by atoms with E-state index in [1.54, 1.807) is 6.20 Å². The Balaban J connectivity index is 1.16. The number of ether oxygens (including phenoxy) is 1. The third-order valence-electron chi connectivity index (χ3n) is 7.33. The predicted octanol–water partition coefficient (Wildman–Crippen LogP) is 6.99. The summed E-state index contributed by atoms with van der Waals surface area (Å²) in [5, 5.41) is 8.45. The molecule has 0 amide bonds. The first-order valence-corrected chi connectivity index (χ1v) is 14.8. The molecule has 1 aliphatic heterocycles. The van der Waals surface area contributed by atoms with Crippen LogP contribution >= 0.6 is 11.3 Å². The van der Waals surface area contributed by atoms with E-state index in [9.17, 15) is 8.78 Å². The van der Waals surface area contributed by atoms with E-state index >= 15 is 0 Å². The Labute approximate surface area is 250 Å². The molecule has 7 rings (SSSR count). The normalized spacial score (nSPS) is 13.4. The van der Waals surface area contributed by atoms with Crippen molar-refractivity contribution >= 4 is 39.3 Å². The number of rotatable bonds is 8. The first-order valence-electron chi connectivity index (χ1n) is 13.9. The lowest BCUT2D eigenvalue weighted by atomic mass is 10.1. The molecule has 0 atom stereocenters. The molecule has 3 aromatic heterocycles. The second-order valence-electron chi connectivity index (χ2n) is 10.0. The zero-order valence-electron chi connectivity index (χ0n) is 23.0. The largest absolute Gasteiger partial charge is 0.381 e. The Bertz CT molecular complexity index is 1860. The highest BCUT2D eigenvalue weighted by atomic mass is 32.1. The van der Waals surface area contributed by atoms with Crippen LogP contribution < -0.4 is 15.5 Å². The van der Waals surface area contributed by atoms with E-state index < -0.39 is 11.6 Å². The minimum Gasteiger partial charge on any atom is -0.381 e. The number of hydrogen-bond acceptors (Lipinski definition) is 8. The van der Waals surface area contributed by atoms with Crippen molar-refractivity contribution < 1.29 is 13.5 Å². The summed E-state index contributed by atoms with van der Waals surface area (Å²) in [6.45, 7) is 3.26. The molecule has 0 unspecified atom stereocenters. The first kappa shape index (κ1) is 27.0. The molecule has 8 nitrogen and oxygen atoms in total. The van der Waals surface area contributed by atoms with Crippen LogP contribution in [0.25, 0.3) is 27.6 Å². The average molecular weight is 596 g/mol. The molecule has 6 aromatic rings. The van der Waals surface area contributed by atoms with Crippen LogP contribution in [0.3, 0.4) is 0 Å². The number of nitrogens with one attached hydrogen (secondary N) is 2. The molecule has 0 saturated carbocycles. The van der Waals surface area contributed by atoms with Crippen LogP contribution in [0.4, 0.5) is 31.8 Å². The summed E-state index contributed by atoms with van der Waals surface area (Å²) >= 11 is 1.53. The predicted molar refractivity (Wildman–Crippen MR) is 166 cm³/mol. The molecule has 43 heavy (non-hydrogen) atoms. The van der Waals surface area contributed by atoms with E-state index in [0.717, 1.165) is 59.6 Å². The fraction of sp³-hybridized carbons (Fsp3) is 0.156. The number of anilines is 4. The quantitative estimate of drug-likeness (QED) is 0.196. The molecule has 0 aliphatic carbocycles. The molecular formula is C32H27F2N7OS. The number of imidazole rings is 1. The van der Waals surface area contributed by atoms with Crippen molar-refractivity contribution in [3.8, 4) is 22.6 Å². The Hall–Kier alpha value is -4.87. The number of morpholine rings is 1. The number of benzene rings is 3. The van der Waals surface area contributed by atoms with Crippen molar-refractivity contribution in [2.24, 2.45) is 0 Å². The van der Waals surface area contributed by atoms with E-state index in [-0.39, 0.29) is 12.1 Å². The van der Waals surface area contributed by atoms with E-state index in [4.69, 9.17) is 14.7 Å². The monoisotopic (exact) mass is 595 g/mol. The van der Waals surface area contributed by atoms with Gasteiger partial charge in [0.25, 0.3) is 0 Å². The van der Waals surface area contributed by atoms with E-state index in [2.05, 4.69) is 32.7 Å². The Morgan fingerprint density at radius 3 is 2.49 bits per heavy atom. The molecule has 0 bridgehead atoms. The van der Waals surface area contributed by atoms with Crippen LogP contribution in [0.5, 0.6) is 0 Å². The van der Waals surface area contributed by atoms with Gasteiger partial charge >= 0.3 is 0 Å². The van der Waals surface area contributed by atoms with Gasteiger partial charge in [-0.2, -0.15) is 0 Å². The maximum absolute atomic E-state index is 14.2. The zero-order chi connectivity index (χ0) is 29.2. The molecule has 216 valence electrons. The van der Waals surface area contributed by atoms with Gasteiger partial charge in [-0.25, -0.2) is 23.7 Å². The molecule has 11 heteroatoms. The third kappa shape index (κ3) is 5.64. The maximum Gasteiger partial charge on any atom is 0.227 e. The summed E-state index contributed by atoms with van der Waals surface area (Å²) in [5.74, 6) is -0.696. The van der Waals surface area contributed by atoms with Crippen molar-refractivity contribution in [3.63, 3.8) is 0 Å². The summed E-state index contributed by atoms with van der Waals surface area (Å²) in [4.78, 5) is 17.4. The van der Waals surface area contributed by atoms with Crippen LogP contribution in [0, 0.1) is 11.6 Å². The minimum absolute atomic E-state index is 0.00662. The van der Waals surface area contributed by atoms with Crippen LogP contribution in [0.15, 0.2) is 90.6 Å². The highest BCUT2D eigenvalue weighted by Gasteiger charge is 2.19. The maximum atomic E-state index is 14.2. The number of hydrogen-bond donors (Lipinski definition) is 2. The molecule has 2 N–H and O–H groups in total. The van der Waals surface area contributed by atoms with E-state index in [0.29, 0.717) is 17.3 Å². The lowest BCUT2D eigenvalue weighted by Gasteiger charge is -2.28. The molecule has 1 fully saturated rings. The molecule has 1 aliphatic rings. The van der Waals surface area contributed by atoms with Crippen LogP contribution in [0.2, 0.25) is 0 Å². The van der Waals surface area contributed by atoms with Gasteiger partial charge in [-0.15, -0.1) is 11.3 Å². The van der Waals surface area contributed by atoms with Gasteiger partial charge in [-0.3, -0.25) is 4.40 Å². The molecule has 0 radical (unpaired) electrons. The average Bonchev–Trinajstić information content (AvgIpc) is 3.64. The van der Waals surface area contributed by atoms with Crippen LogP contribution in [0.1, 0.15) is 5.56 Å². The second kappa shape index (κ2) is 11.8. The summed E-state index contributed by atoms with van der Waals surface area (Å²) in [7, 11) is 0. The van der Waals surface area contributed by atoms with E-state index in [1.165, 1.54) is 29.5 Å². The number of aromatic nitrogens is 4. The Morgan fingerprint density at radius 2 is 1.67 bits per heavy atom. The van der Waals surface area contributed by atoms with Gasteiger partial charge < -0.3 is 20.3 Å². The van der Waals surface area contributed by atoms with Gasteiger partial charge in [-0.05, 0) is 54.6 Å². The lowest BCUT2D eigenvalue weighted by Crippen LogP contribution is -2.36. The SMILES string of the molecule is Fc1cccc(F)c1CNc1cccc(-c2nc3sccn3c2-c2ccnc(Nc3ccc(N4CCOCC4)cc3)n2)c1. The second-order valence-corrected chi connectivity index (χ2v) is 10.9. The Morgan fingerprint density at radius 1 is 0.884 bits per heavy atom. The van der Waals surface area contributed by atoms with Gasteiger partial charge in [-0.1, -0.05) is 18.2 Å². The van der Waals surface area contributed by atoms with Gasteiger partial charge in [0.2, 0.25) is 5.95 Å². The highest BCUT2D eigenvalue weighted by Crippen LogP contribution is 2.35. The number of nitrogens with zero attached hydrogens (tertiary/aromatic N) is 5. The molecule has 0 spiro atoms. The fourth-order valence-corrected chi connectivity index (χ4v) is 5.87. The first-order chi connectivity index (χ1) is 21.1. The minimum atomic E-state index is -0.582. The van der Waals surface area contributed by atoms with Gasteiger partial charge in [0.15, 0.2) is 4.96 Å². The van der Waals surface area contributed by atoms with Crippen molar-refractivity contribution in [3.05, 3.63) is 108 Å². The smallest absolute Gasteiger partial charge is 0.227 e. The molecular weight excluding hydrogens is 568 g/mol. The zero-order valence-corrected chi connectivity index (χ0v) is 23.8. The van der Waals surface area contributed by atoms with Crippen molar-refractivity contribution in [1.82, 2.24) is 19.4 Å². The van der Waals surface area contributed by atoms with Gasteiger partial charge in [0.05, 0.1) is 24.6 Å². The number of halogens is 2. The van der Waals surface area contributed by atoms with Crippen molar-refractivity contribution in [2.75, 3.05) is 41.8 Å². The van der Waals surface area contributed by atoms with Crippen LogP contribution in [-0.4, -0.2) is 45.7 Å². The van der Waals surface area contributed by atoms with Gasteiger partial charge in [0, 0.05) is 65.6 Å². The summed E-state index contributed by atoms with van der Waals surface area (Å²) < 4.78 is 35.8. The topological polar surface area (TPSA) is 79.6 Å².